The van der Waals surface area contributed by atoms with Gasteiger partial charge >= 0.3 is 0 Å². The van der Waals surface area contributed by atoms with Gasteiger partial charge in [0.25, 0.3) is 10.2 Å². The first-order valence-electron chi connectivity index (χ1n) is 10.5. The van der Waals surface area contributed by atoms with Crippen LogP contribution in [0.4, 0.5) is 11.8 Å². The minimum Gasteiger partial charge on any atom is -0.391 e. The molecule has 168 valence electrons. The van der Waals surface area contributed by atoms with Crippen LogP contribution in [0.3, 0.4) is 0 Å². The molecular formula is C18H32N8O3S. The Kier molecular flexibility index (Phi) is 7.11. The Hall–Kier alpha value is -2.02. The molecule has 0 unspecified atom stereocenters. The van der Waals surface area contributed by atoms with Crippen molar-refractivity contribution < 1.29 is 13.5 Å². The van der Waals surface area contributed by atoms with Crippen molar-refractivity contribution in [2.75, 3.05) is 30.3 Å². The summed E-state index contributed by atoms with van der Waals surface area (Å²) in [5, 5.41) is 16.5. The lowest BCUT2D eigenvalue weighted by atomic mass is 10.1. The van der Waals surface area contributed by atoms with Gasteiger partial charge in [0.1, 0.15) is 0 Å². The SMILES string of the molecule is CCNS(=O)(=O)N1CC[C@H](Nc2nc(N[C@@H](CC)[C@H](C)O)nc3c2ncn3CC)C1. The topological polar surface area (TPSA) is 137 Å². The number of nitrogens with one attached hydrogen (secondary N) is 3. The van der Waals surface area contributed by atoms with Gasteiger partial charge < -0.3 is 20.3 Å². The van der Waals surface area contributed by atoms with Crippen molar-refractivity contribution >= 4 is 33.1 Å². The first-order valence-corrected chi connectivity index (χ1v) is 11.9. The average molecular weight is 441 g/mol. The smallest absolute Gasteiger partial charge is 0.279 e. The number of aliphatic hydroxyl groups is 1. The standard InChI is InChI=1S/C18H32N8O3S/c1-5-14(12(4)27)22-18-23-16(15-17(24-18)25(7-3)11-19-15)21-13-8-9-26(10-13)30(28,29)20-6-2/h11-14,20,27H,5-10H2,1-4H3,(H2,21,22,23,24)/t12-,13-,14-/m0/s1. The van der Waals surface area contributed by atoms with E-state index in [1.54, 1.807) is 20.2 Å². The van der Waals surface area contributed by atoms with E-state index < -0.39 is 16.3 Å². The fraction of sp³-hybridized carbons (Fsp3) is 0.722. The lowest BCUT2D eigenvalue weighted by molar-refractivity contribution is 0.169. The number of rotatable bonds is 10. The van der Waals surface area contributed by atoms with Gasteiger partial charge in [0.15, 0.2) is 17.0 Å². The zero-order chi connectivity index (χ0) is 21.9. The van der Waals surface area contributed by atoms with Crippen LogP contribution in [0, 0.1) is 0 Å². The van der Waals surface area contributed by atoms with Crippen molar-refractivity contribution in [3.63, 3.8) is 0 Å². The fourth-order valence-electron chi connectivity index (χ4n) is 3.60. The first kappa shape index (κ1) is 22.7. The maximum Gasteiger partial charge on any atom is 0.279 e. The molecule has 0 aliphatic carbocycles. The second kappa shape index (κ2) is 9.41. The number of hydrogen-bond acceptors (Lipinski definition) is 8. The maximum atomic E-state index is 12.3. The molecule has 1 aliphatic heterocycles. The van der Waals surface area contributed by atoms with Crippen molar-refractivity contribution in [1.82, 2.24) is 28.5 Å². The quantitative estimate of drug-likeness (QED) is 0.425. The Morgan fingerprint density at radius 2 is 2.07 bits per heavy atom. The number of imidazole rings is 1. The van der Waals surface area contributed by atoms with Crippen molar-refractivity contribution in [3.05, 3.63) is 6.33 Å². The summed E-state index contributed by atoms with van der Waals surface area (Å²) in [4.78, 5) is 13.7. The molecule has 30 heavy (non-hydrogen) atoms. The second-order valence-electron chi connectivity index (χ2n) is 7.49. The highest BCUT2D eigenvalue weighted by Gasteiger charge is 2.31. The van der Waals surface area contributed by atoms with Crippen molar-refractivity contribution in [3.8, 4) is 0 Å². The van der Waals surface area contributed by atoms with E-state index in [2.05, 4.69) is 30.3 Å². The van der Waals surface area contributed by atoms with Gasteiger partial charge in [-0.25, -0.2) is 9.71 Å². The van der Waals surface area contributed by atoms with Crippen LogP contribution < -0.4 is 15.4 Å². The van der Waals surface area contributed by atoms with Gasteiger partial charge in [-0.05, 0) is 26.7 Å². The van der Waals surface area contributed by atoms with Crippen LogP contribution in [0.15, 0.2) is 6.33 Å². The zero-order valence-electron chi connectivity index (χ0n) is 18.0. The molecule has 0 spiro atoms. The number of fused-ring (bicyclic) bond motifs is 1. The van der Waals surface area contributed by atoms with E-state index in [0.29, 0.717) is 55.5 Å². The highest BCUT2D eigenvalue weighted by Crippen LogP contribution is 2.25. The molecule has 1 saturated heterocycles. The van der Waals surface area contributed by atoms with Crippen molar-refractivity contribution in [2.24, 2.45) is 0 Å². The summed E-state index contributed by atoms with van der Waals surface area (Å²) < 4.78 is 30.4. The number of nitrogens with zero attached hydrogens (tertiary/aromatic N) is 5. The highest BCUT2D eigenvalue weighted by molar-refractivity contribution is 7.87. The van der Waals surface area contributed by atoms with Crippen molar-refractivity contribution in [1.29, 1.82) is 0 Å². The molecular weight excluding hydrogens is 408 g/mol. The van der Waals surface area contributed by atoms with E-state index in [9.17, 15) is 13.5 Å². The Bertz CT molecular complexity index is 962. The largest absolute Gasteiger partial charge is 0.391 e. The normalized spacial score (nSPS) is 19.8. The van der Waals surface area contributed by atoms with Gasteiger partial charge in [0.2, 0.25) is 5.95 Å². The summed E-state index contributed by atoms with van der Waals surface area (Å²) in [6.45, 7) is 9.33. The number of aryl methyl sites for hydroxylation is 1. The molecule has 2 aromatic heterocycles. The summed E-state index contributed by atoms with van der Waals surface area (Å²) in [7, 11) is -3.46. The van der Waals surface area contributed by atoms with Gasteiger partial charge in [0, 0.05) is 32.2 Å². The summed E-state index contributed by atoms with van der Waals surface area (Å²) in [6.07, 6.45) is 2.55. The van der Waals surface area contributed by atoms with E-state index in [0.717, 1.165) is 6.42 Å². The van der Waals surface area contributed by atoms with Crippen LogP contribution in [0.2, 0.25) is 0 Å². The van der Waals surface area contributed by atoms with Crippen LogP contribution in [-0.2, 0) is 16.8 Å². The summed E-state index contributed by atoms with van der Waals surface area (Å²) >= 11 is 0. The van der Waals surface area contributed by atoms with Crippen LogP contribution in [0.1, 0.15) is 40.5 Å². The number of hydrogen-bond donors (Lipinski definition) is 4. The van der Waals surface area contributed by atoms with E-state index in [4.69, 9.17) is 0 Å². The van der Waals surface area contributed by atoms with E-state index in [-0.39, 0.29) is 12.1 Å². The Labute approximate surface area is 177 Å². The molecule has 1 fully saturated rings. The van der Waals surface area contributed by atoms with E-state index in [1.165, 1.54) is 4.31 Å². The minimum atomic E-state index is -3.46. The van der Waals surface area contributed by atoms with E-state index >= 15 is 0 Å². The molecule has 3 atom stereocenters. The molecule has 12 heteroatoms. The molecule has 11 nitrogen and oxygen atoms in total. The molecule has 0 amide bonds. The zero-order valence-corrected chi connectivity index (χ0v) is 18.8. The summed E-state index contributed by atoms with van der Waals surface area (Å²) in [5.74, 6) is 0.964. The fourth-order valence-corrected chi connectivity index (χ4v) is 4.87. The van der Waals surface area contributed by atoms with Crippen LogP contribution in [-0.4, -0.2) is 75.2 Å². The number of anilines is 2. The Morgan fingerprint density at radius 1 is 1.30 bits per heavy atom. The predicted molar refractivity (Wildman–Crippen MR) is 117 cm³/mol. The Balaban J connectivity index is 1.87. The second-order valence-corrected chi connectivity index (χ2v) is 9.24. The lowest BCUT2D eigenvalue weighted by Gasteiger charge is -2.21. The van der Waals surface area contributed by atoms with Gasteiger partial charge in [-0.15, -0.1) is 0 Å². The molecule has 0 radical (unpaired) electrons. The average Bonchev–Trinajstić information content (AvgIpc) is 3.33. The number of aliphatic hydroxyl groups excluding tert-OH is 1. The first-order chi connectivity index (χ1) is 14.3. The maximum absolute atomic E-state index is 12.3. The van der Waals surface area contributed by atoms with Crippen molar-refractivity contribution in [2.45, 2.75) is 65.3 Å². The summed E-state index contributed by atoms with van der Waals surface area (Å²) in [5.41, 5.74) is 1.33. The van der Waals surface area contributed by atoms with E-state index in [1.807, 2.05) is 18.4 Å². The number of aromatic nitrogens is 4. The predicted octanol–water partition coefficient (Wildman–Crippen LogP) is 0.758. The molecule has 0 aromatic carbocycles. The van der Waals surface area contributed by atoms with Gasteiger partial charge in [-0.3, -0.25) is 0 Å². The molecule has 2 aromatic rings. The van der Waals surface area contributed by atoms with Gasteiger partial charge in [-0.1, -0.05) is 13.8 Å². The lowest BCUT2D eigenvalue weighted by Crippen LogP contribution is -2.40. The molecule has 0 saturated carbocycles. The third kappa shape index (κ3) is 4.82. The van der Waals surface area contributed by atoms with Crippen LogP contribution in [0.25, 0.3) is 11.2 Å². The molecule has 1 aliphatic rings. The molecule has 0 bridgehead atoms. The molecule has 4 N–H and O–H groups in total. The van der Waals surface area contributed by atoms with Crippen LogP contribution >= 0.6 is 0 Å². The van der Waals surface area contributed by atoms with Gasteiger partial charge in [-0.2, -0.15) is 22.7 Å². The van der Waals surface area contributed by atoms with Crippen LogP contribution in [0.5, 0.6) is 0 Å². The highest BCUT2D eigenvalue weighted by atomic mass is 32.2. The Morgan fingerprint density at radius 3 is 2.70 bits per heavy atom. The third-order valence-electron chi connectivity index (χ3n) is 5.30. The monoisotopic (exact) mass is 440 g/mol. The van der Waals surface area contributed by atoms with Gasteiger partial charge in [0.05, 0.1) is 18.5 Å². The molecule has 3 rings (SSSR count). The summed E-state index contributed by atoms with van der Waals surface area (Å²) in [6, 6.07) is -0.268. The third-order valence-corrected chi connectivity index (χ3v) is 6.96. The molecule has 3 heterocycles. The minimum absolute atomic E-state index is 0.0881.